The zero-order valence-corrected chi connectivity index (χ0v) is 14.8. The number of rotatable bonds is 5. The number of fused-ring (bicyclic) bond motifs is 1. The molecule has 3 aliphatic rings. The van der Waals surface area contributed by atoms with E-state index in [2.05, 4.69) is 16.0 Å². The lowest BCUT2D eigenvalue weighted by Gasteiger charge is -2.29. The number of nitrogens with one attached hydrogen (secondary N) is 3. The number of carbonyl (C=O) groups is 3. The lowest BCUT2D eigenvalue weighted by molar-refractivity contribution is -0.136. The van der Waals surface area contributed by atoms with Crippen molar-refractivity contribution in [3.8, 4) is 0 Å². The maximum atomic E-state index is 13.8. The van der Waals surface area contributed by atoms with Gasteiger partial charge in [0.1, 0.15) is 11.9 Å². The highest BCUT2D eigenvalue weighted by molar-refractivity contribution is 6.05. The molecule has 142 valence electrons. The van der Waals surface area contributed by atoms with E-state index in [1.807, 2.05) is 12.1 Å². The van der Waals surface area contributed by atoms with Crippen molar-refractivity contribution < 1.29 is 18.8 Å². The van der Waals surface area contributed by atoms with E-state index in [0.29, 0.717) is 38.2 Å². The SMILES string of the molecule is O=C1CCC(N2Cc3ccc(CNCC(F)=C4CNC4)cc3C2=O)C(=O)N1. The molecule has 4 rings (SSSR count). The molecule has 1 atom stereocenters. The maximum Gasteiger partial charge on any atom is 0.255 e. The minimum Gasteiger partial charge on any atom is -0.322 e. The summed E-state index contributed by atoms with van der Waals surface area (Å²) in [5.74, 6) is -1.04. The second kappa shape index (κ2) is 7.21. The number of nitrogens with zero attached hydrogens (tertiary/aromatic N) is 1. The van der Waals surface area contributed by atoms with Gasteiger partial charge in [0.2, 0.25) is 11.8 Å². The summed E-state index contributed by atoms with van der Waals surface area (Å²) in [6, 6.07) is 4.97. The van der Waals surface area contributed by atoms with E-state index in [-0.39, 0.29) is 30.6 Å². The van der Waals surface area contributed by atoms with Crippen LogP contribution in [0.1, 0.15) is 34.3 Å². The highest BCUT2D eigenvalue weighted by Crippen LogP contribution is 2.28. The molecule has 1 aromatic carbocycles. The van der Waals surface area contributed by atoms with Crippen LogP contribution in [0.25, 0.3) is 0 Å². The van der Waals surface area contributed by atoms with Crippen molar-refractivity contribution in [2.75, 3.05) is 19.6 Å². The monoisotopic (exact) mass is 372 g/mol. The van der Waals surface area contributed by atoms with Crippen molar-refractivity contribution in [1.82, 2.24) is 20.9 Å². The Kier molecular flexibility index (Phi) is 4.75. The molecule has 3 N–H and O–H groups in total. The molecule has 0 aromatic heterocycles. The van der Waals surface area contributed by atoms with E-state index >= 15 is 0 Å². The molecule has 0 spiro atoms. The summed E-state index contributed by atoms with van der Waals surface area (Å²) in [5, 5.41) is 8.36. The van der Waals surface area contributed by atoms with Crippen molar-refractivity contribution >= 4 is 17.7 Å². The highest BCUT2D eigenvalue weighted by atomic mass is 19.1. The summed E-state index contributed by atoms with van der Waals surface area (Å²) in [5.41, 5.74) is 3.12. The van der Waals surface area contributed by atoms with E-state index in [9.17, 15) is 18.8 Å². The Morgan fingerprint density at radius 1 is 1.26 bits per heavy atom. The Morgan fingerprint density at radius 3 is 2.78 bits per heavy atom. The fourth-order valence-electron chi connectivity index (χ4n) is 3.60. The lowest BCUT2D eigenvalue weighted by atomic mass is 10.0. The zero-order chi connectivity index (χ0) is 19.0. The van der Waals surface area contributed by atoms with Crippen LogP contribution in [0.4, 0.5) is 4.39 Å². The molecule has 2 fully saturated rings. The van der Waals surface area contributed by atoms with Gasteiger partial charge in [-0.3, -0.25) is 19.7 Å². The molecule has 27 heavy (non-hydrogen) atoms. The first-order valence-electron chi connectivity index (χ1n) is 9.07. The first-order valence-corrected chi connectivity index (χ1v) is 9.07. The third-order valence-corrected chi connectivity index (χ3v) is 5.26. The van der Waals surface area contributed by atoms with Crippen LogP contribution in [0.2, 0.25) is 0 Å². The van der Waals surface area contributed by atoms with E-state index < -0.39 is 11.9 Å². The van der Waals surface area contributed by atoms with Crippen LogP contribution in [0.5, 0.6) is 0 Å². The highest BCUT2D eigenvalue weighted by Gasteiger charge is 2.39. The van der Waals surface area contributed by atoms with Gasteiger partial charge in [0.25, 0.3) is 5.91 Å². The van der Waals surface area contributed by atoms with Crippen molar-refractivity contribution in [1.29, 1.82) is 0 Å². The van der Waals surface area contributed by atoms with E-state index in [1.165, 1.54) is 4.90 Å². The van der Waals surface area contributed by atoms with E-state index in [4.69, 9.17) is 0 Å². The second-order valence-electron chi connectivity index (χ2n) is 7.11. The van der Waals surface area contributed by atoms with Gasteiger partial charge in [0.05, 0.1) is 0 Å². The molecule has 1 aromatic rings. The fourth-order valence-corrected chi connectivity index (χ4v) is 3.60. The van der Waals surface area contributed by atoms with Crippen LogP contribution in [-0.4, -0.2) is 48.3 Å². The first kappa shape index (κ1) is 17.8. The van der Waals surface area contributed by atoms with Gasteiger partial charge in [-0.2, -0.15) is 0 Å². The van der Waals surface area contributed by atoms with Crippen LogP contribution >= 0.6 is 0 Å². The summed E-state index contributed by atoms with van der Waals surface area (Å²) in [4.78, 5) is 37.7. The average molecular weight is 372 g/mol. The minimum atomic E-state index is -0.610. The van der Waals surface area contributed by atoms with Crippen LogP contribution in [0.3, 0.4) is 0 Å². The lowest BCUT2D eigenvalue weighted by Crippen LogP contribution is -2.52. The molecular formula is C19H21FN4O3. The van der Waals surface area contributed by atoms with Gasteiger partial charge in [-0.1, -0.05) is 12.1 Å². The predicted octanol–water partition coefficient (Wildman–Crippen LogP) is 0.364. The van der Waals surface area contributed by atoms with Crippen molar-refractivity contribution in [3.05, 3.63) is 46.3 Å². The molecule has 2 saturated heterocycles. The first-order chi connectivity index (χ1) is 13.0. The maximum absolute atomic E-state index is 13.8. The number of benzene rings is 1. The summed E-state index contributed by atoms with van der Waals surface area (Å²) in [6.45, 7) is 2.20. The Morgan fingerprint density at radius 2 is 2.07 bits per heavy atom. The van der Waals surface area contributed by atoms with Gasteiger partial charge in [0, 0.05) is 44.7 Å². The summed E-state index contributed by atoms with van der Waals surface area (Å²) in [6.07, 6.45) is 0.587. The van der Waals surface area contributed by atoms with Gasteiger partial charge in [-0.05, 0) is 29.2 Å². The van der Waals surface area contributed by atoms with Crippen LogP contribution in [0, 0.1) is 0 Å². The Bertz CT molecular complexity index is 845. The quantitative estimate of drug-likeness (QED) is 0.650. The van der Waals surface area contributed by atoms with Crippen LogP contribution in [-0.2, 0) is 22.7 Å². The number of amides is 3. The molecule has 0 saturated carbocycles. The third kappa shape index (κ3) is 3.50. The Hall–Kier alpha value is -2.58. The fraction of sp³-hybridized carbons (Fsp3) is 0.421. The Balaban J connectivity index is 1.40. The van der Waals surface area contributed by atoms with Gasteiger partial charge in [0.15, 0.2) is 0 Å². The molecular weight excluding hydrogens is 351 g/mol. The number of piperidine rings is 1. The standard InChI is InChI=1S/C19H21FN4O3/c20-15(13-7-22-8-13)9-21-6-11-1-2-12-10-24(19(27)14(12)5-11)16-3-4-17(25)23-18(16)26/h1-2,5,16,21-22H,3-4,6-10H2,(H,23,25,26). The van der Waals surface area contributed by atoms with Crippen molar-refractivity contribution in [2.24, 2.45) is 0 Å². The average Bonchev–Trinajstić information content (AvgIpc) is 2.90. The van der Waals surface area contributed by atoms with Crippen LogP contribution < -0.4 is 16.0 Å². The largest absolute Gasteiger partial charge is 0.322 e. The van der Waals surface area contributed by atoms with Gasteiger partial charge >= 0.3 is 0 Å². The molecule has 1 unspecified atom stereocenters. The second-order valence-corrected chi connectivity index (χ2v) is 7.11. The van der Waals surface area contributed by atoms with Gasteiger partial charge < -0.3 is 15.5 Å². The number of hydrogen-bond acceptors (Lipinski definition) is 5. The normalized spacial score (nSPS) is 21.8. The topological polar surface area (TPSA) is 90.5 Å². The molecule has 3 amide bonds. The third-order valence-electron chi connectivity index (χ3n) is 5.26. The summed E-state index contributed by atoms with van der Waals surface area (Å²) < 4.78 is 13.8. The van der Waals surface area contributed by atoms with E-state index in [1.54, 1.807) is 6.07 Å². The number of imide groups is 1. The Labute approximate surface area is 156 Å². The molecule has 0 aliphatic carbocycles. The number of carbonyl (C=O) groups excluding carboxylic acids is 3. The zero-order valence-electron chi connectivity index (χ0n) is 14.8. The number of halogens is 1. The summed E-state index contributed by atoms with van der Waals surface area (Å²) >= 11 is 0. The molecule has 0 bridgehead atoms. The molecule has 8 heteroatoms. The van der Waals surface area contributed by atoms with Gasteiger partial charge in [-0.25, -0.2) is 4.39 Å². The van der Waals surface area contributed by atoms with Gasteiger partial charge in [-0.15, -0.1) is 0 Å². The molecule has 0 radical (unpaired) electrons. The van der Waals surface area contributed by atoms with Crippen molar-refractivity contribution in [3.63, 3.8) is 0 Å². The van der Waals surface area contributed by atoms with Crippen LogP contribution in [0.15, 0.2) is 29.6 Å². The smallest absolute Gasteiger partial charge is 0.255 e. The molecule has 3 heterocycles. The molecule has 7 nitrogen and oxygen atoms in total. The predicted molar refractivity (Wildman–Crippen MR) is 95.2 cm³/mol. The van der Waals surface area contributed by atoms with E-state index in [0.717, 1.165) is 16.7 Å². The number of hydrogen-bond donors (Lipinski definition) is 3. The van der Waals surface area contributed by atoms with Crippen molar-refractivity contribution in [2.45, 2.75) is 32.0 Å². The molecule has 3 aliphatic heterocycles. The summed E-state index contributed by atoms with van der Waals surface area (Å²) in [7, 11) is 0. The minimum absolute atomic E-state index is 0.130.